The normalized spacial score (nSPS) is 21.1. The number of amides is 1. The molecule has 0 aromatic rings. The molecule has 1 aliphatic heterocycles. The second-order valence-corrected chi connectivity index (χ2v) is 3.47. The van der Waals surface area contributed by atoms with Crippen molar-refractivity contribution in [1.82, 2.24) is 0 Å². The Morgan fingerprint density at radius 3 is 2.71 bits per heavy atom. The molecule has 0 aromatic carbocycles. The van der Waals surface area contributed by atoms with Gasteiger partial charge >= 0.3 is 50.3 Å². The molecule has 0 spiro atoms. The van der Waals surface area contributed by atoms with Crippen LogP contribution in [0.3, 0.4) is 0 Å². The zero-order valence-electron chi connectivity index (χ0n) is 3.35. The molecule has 0 radical (unpaired) electrons. The number of nitrogens with zero attached hydrogens (tertiary/aromatic N) is 1. The summed E-state index contributed by atoms with van der Waals surface area (Å²) in [6.07, 6.45) is 0. The van der Waals surface area contributed by atoms with E-state index >= 15 is 0 Å². The molecule has 0 N–H and O–H groups in total. The van der Waals surface area contributed by atoms with Crippen LogP contribution >= 0.6 is 0 Å². The fraction of sp³-hybridized carbons (Fsp3) is 0.333. The van der Waals surface area contributed by atoms with Gasteiger partial charge in [0, 0.05) is 0 Å². The van der Waals surface area contributed by atoms with Gasteiger partial charge in [0.05, 0.1) is 0 Å². The van der Waals surface area contributed by atoms with Gasteiger partial charge in [0.2, 0.25) is 0 Å². The van der Waals surface area contributed by atoms with Crippen LogP contribution in [0.2, 0.25) is 0 Å². The zero-order valence-corrected chi connectivity index (χ0v) is 5.51. The Morgan fingerprint density at radius 1 is 1.86 bits per heavy atom. The molecule has 0 bridgehead atoms. The van der Waals surface area contributed by atoms with Crippen LogP contribution in [0, 0.1) is 0 Å². The van der Waals surface area contributed by atoms with Crippen LogP contribution in [-0.4, -0.2) is 14.2 Å². The van der Waals surface area contributed by atoms with Crippen molar-refractivity contribution in [2.24, 2.45) is 4.99 Å². The van der Waals surface area contributed by atoms with Crippen LogP contribution in [0.25, 0.3) is 0 Å². The third-order valence-electron chi connectivity index (χ3n) is 0.508. The van der Waals surface area contributed by atoms with Crippen LogP contribution in [0.4, 0.5) is 0 Å². The zero-order chi connectivity index (χ0) is 5.28. The molecular weight excluding hydrogens is 209 g/mol. The molecule has 0 atom stereocenters. The summed E-state index contributed by atoms with van der Waals surface area (Å²) in [5.74, 6) is -0.224. The second kappa shape index (κ2) is 1.77. The SMILES string of the molecule is O=C1C[I-]C([O-])=N1. The molecule has 3 nitrogen and oxygen atoms in total. The molecule has 0 aliphatic carbocycles. The first-order valence-electron chi connectivity index (χ1n) is 1.67. The molecular formula is C3H2INO2-2. The molecule has 0 aromatic heterocycles. The number of alkyl halides is 1. The van der Waals surface area contributed by atoms with E-state index < -0.39 is 21.2 Å². The van der Waals surface area contributed by atoms with E-state index in [4.69, 9.17) is 0 Å². The van der Waals surface area contributed by atoms with Gasteiger partial charge in [-0.1, -0.05) is 0 Å². The summed E-state index contributed by atoms with van der Waals surface area (Å²) >= 11 is -0.516. The van der Waals surface area contributed by atoms with Crippen LogP contribution < -0.4 is 26.3 Å². The van der Waals surface area contributed by atoms with Gasteiger partial charge in [0.1, 0.15) is 0 Å². The number of halogens is 1. The van der Waals surface area contributed by atoms with Crippen molar-refractivity contribution in [2.45, 2.75) is 0 Å². The molecule has 0 saturated carbocycles. The number of aliphatic imine (C=N–C) groups is 1. The van der Waals surface area contributed by atoms with Crippen molar-refractivity contribution in [3.8, 4) is 0 Å². The standard InChI is InChI=1S/C3H3INO2/c6-2-1-4-3(7)5-2/h1H2,(H,5,6,7)/q-1/p-1. The van der Waals surface area contributed by atoms with E-state index in [1.807, 2.05) is 0 Å². The molecule has 1 heterocycles. The average molecular weight is 211 g/mol. The average Bonchev–Trinajstić information content (AvgIpc) is 1.87. The summed E-state index contributed by atoms with van der Waals surface area (Å²) in [6, 6.07) is 0. The minimum atomic E-state index is -0.516. The van der Waals surface area contributed by atoms with Gasteiger partial charge in [-0.05, 0) is 0 Å². The van der Waals surface area contributed by atoms with E-state index in [2.05, 4.69) is 4.99 Å². The van der Waals surface area contributed by atoms with Crippen LogP contribution in [0.15, 0.2) is 4.99 Å². The number of rotatable bonds is 0. The molecule has 1 amide bonds. The molecule has 4 heteroatoms. The maximum absolute atomic E-state index is 10.1. The Bertz CT molecular complexity index is 131. The van der Waals surface area contributed by atoms with Gasteiger partial charge in [0.25, 0.3) is 0 Å². The van der Waals surface area contributed by atoms with Gasteiger partial charge in [0.15, 0.2) is 0 Å². The molecule has 0 saturated heterocycles. The van der Waals surface area contributed by atoms with Crippen molar-refractivity contribution in [3.63, 3.8) is 0 Å². The predicted molar refractivity (Wildman–Crippen MR) is 17.3 cm³/mol. The minimum absolute atomic E-state index is 0.163. The van der Waals surface area contributed by atoms with E-state index in [0.29, 0.717) is 4.43 Å². The molecule has 40 valence electrons. The van der Waals surface area contributed by atoms with E-state index in [0.717, 1.165) is 0 Å². The quantitative estimate of drug-likeness (QED) is 0.298. The van der Waals surface area contributed by atoms with E-state index in [1.54, 1.807) is 0 Å². The maximum atomic E-state index is 10.1. The third-order valence-corrected chi connectivity index (χ3v) is 2.44. The van der Waals surface area contributed by atoms with Crippen molar-refractivity contribution in [1.29, 1.82) is 0 Å². The molecule has 0 unspecified atom stereocenters. The Labute approximate surface area is 50.7 Å². The summed E-state index contributed by atoms with van der Waals surface area (Å²) in [4.78, 5) is 13.3. The third kappa shape index (κ3) is 1.12. The van der Waals surface area contributed by atoms with E-state index in [1.165, 1.54) is 0 Å². The van der Waals surface area contributed by atoms with E-state index in [9.17, 15) is 9.90 Å². The van der Waals surface area contributed by atoms with Crippen molar-refractivity contribution < 1.29 is 31.1 Å². The Kier molecular flexibility index (Phi) is 1.27. The van der Waals surface area contributed by atoms with Crippen molar-refractivity contribution in [3.05, 3.63) is 0 Å². The van der Waals surface area contributed by atoms with Gasteiger partial charge in [-0.2, -0.15) is 0 Å². The molecule has 7 heavy (non-hydrogen) atoms. The fourth-order valence-electron chi connectivity index (χ4n) is 0.272. The summed E-state index contributed by atoms with van der Waals surface area (Å²) in [5.41, 5.74) is 0. The number of hydrogen-bond acceptors (Lipinski definition) is 2. The molecule has 1 aliphatic rings. The van der Waals surface area contributed by atoms with Crippen LogP contribution in [0.1, 0.15) is 0 Å². The Morgan fingerprint density at radius 2 is 2.57 bits per heavy atom. The monoisotopic (exact) mass is 211 g/mol. The van der Waals surface area contributed by atoms with Crippen LogP contribution in [-0.2, 0) is 4.79 Å². The van der Waals surface area contributed by atoms with Gasteiger partial charge in [-0.3, -0.25) is 0 Å². The summed E-state index contributed by atoms with van der Waals surface area (Å²) in [7, 11) is 0. The van der Waals surface area contributed by atoms with Gasteiger partial charge in [-0.25, -0.2) is 0 Å². The van der Waals surface area contributed by atoms with Crippen molar-refractivity contribution >= 4 is 9.81 Å². The topological polar surface area (TPSA) is 52.5 Å². The first-order valence-corrected chi connectivity index (χ1v) is 4.27. The Balaban J connectivity index is 2.67. The Hall–Kier alpha value is -0.130. The van der Waals surface area contributed by atoms with Gasteiger partial charge < -0.3 is 0 Å². The van der Waals surface area contributed by atoms with Gasteiger partial charge in [-0.15, -0.1) is 0 Å². The summed E-state index contributed by atoms with van der Waals surface area (Å²) < 4.78 is 0.265. The number of hydrogen-bond donors (Lipinski definition) is 0. The summed E-state index contributed by atoms with van der Waals surface area (Å²) in [5, 5.41) is 10.1. The molecule has 1 rings (SSSR count). The fourth-order valence-corrected chi connectivity index (χ4v) is 1.53. The van der Waals surface area contributed by atoms with E-state index in [-0.39, 0.29) is 9.81 Å². The first-order chi connectivity index (χ1) is 3.29. The number of carbonyl (C=O) groups is 1. The van der Waals surface area contributed by atoms with Crippen LogP contribution in [0.5, 0.6) is 0 Å². The number of carbonyl (C=O) groups excluding carboxylic acids is 1. The molecule has 0 fully saturated rings. The predicted octanol–water partition coefficient (Wildman–Crippen LogP) is -4.67. The first kappa shape index (κ1) is 5.02. The van der Waals surface area contributed by atoms with Crippen molar-refractivity contribution in [2.75, 3.05) is 4.43 Å². The summed E-state index contributed by atoms with van der Waals surface area (Å²) in [6.45, 7) is 0. The second-order valence-electron chi connectivity index (χ2n) is 1.03.